The highest BCUT2D eigenvalue weighted by atomic mass is 16.1. The third kappa shape index (κ3) is 9.58. The van der Waals surface area contributed by atoms with Crippen molar-refractivity contribution in [2.75, 3.05) is 0 Å². The van der Waals surface area contributed by atoms with Crippen molar-refractivity contribution >= 4 is 5.91 Å². The van der Waals surface area contributed by atoms with E-state index >= 15 is 0 Å². The molecular weight excluding hydrogens is 198 g/mol. The summed E-state index contributed by atoms with van der Waals surface area (Å²) in [7, 11) is 0. The van der Waals surface area contributed by atoms with Crippen LogP contribution in [0.15, 0.2) is 0 Å². The van der Waals surface area contributed by atoms with Crippen LogP contribution in [0.3, 0.4) is 0 Å². The lowest BCUT2D eigenvalue weighted by molar-refractivity contribution is -0.121. The zero-order chi connectivity index (χ0) is 12.4. The molecule has 1 amide bonds. The van der Waals surface area contributed by atoms with Gasteiger partial charge in [0.15, 0.2) is 0 Å². The van der Waals surface area contributed by atoms with E-state index in [1.165, 1.54) is 12.8 Å². The van der Waals surface area contributed by atoms with Gasteiger partial charge in [-0.1, -0.05) is 26.7 Å². The molecule has 0 heterocycles. The van der Waals surface area contributed by atoms with Crippen LogP contribution in [0, 0.1) is 17.8 Å². The van der Waals surface area contributed by atoms with Crippen molar-refractivity contribution in [1.82, 2.24) is 5.32 Å². The van der Waals surface area contributed by atoms with Gasteiger partial charge in [0, 0.05) is 18.9 Å². The maximum atomic E-state index is 11.4. The molecule has 0 bridgehead atoms. The summed E-state index contributed by atoms with van der Waals surface area (Å²) in [5.41, 5.74) is 0. The minimum atomic E-state index is 0.125. The fraction of sp³-hybridized carbons (Fsp3) is 0.786. The summed E-state index contributed by atoms with van der Waals surface area (Å²) in [5, 5.41) is 3.01. The Morgan fingerprint density at radius 2 is 1.94 bits per heavy atom. The Labute approximate surface area is 100 Å². The van der Waals surface area contributed by atoms with E-state index in [1.807, 2.05) is 0 Å². The average molecular weight is 223 g/mol. The van der Waals surface area contributed by atoms with E-state index in [0.29, 0.717) is 18.9 Å². The topological polar surface area (TPSA) is 29.1 Å². The molecule has 2 heteroatoms. The predicted molar refractivity (Wildman–Crippen MR) is 69.0 cm³/mol. The Hall–Kier alpha value is -0.970. The number of amides is 1. The molecule has 2 nitrogen and oxygen atoms in total. The molecule has 1 unspecified atom stereocenters. The van der Waals surface area contributed by atoms with Gasteiger partial charge >= 0.3 is 0 Å². The van der Waals surface area contributed by atoms with Crippen LogP contribution in [0.4, 0.5) is 0 Å². The Morgan fingerprint density at radius 1 is 1.25 bits per heavy atom. The third-order valence-corrected chi connectivity index (χ3v) is 2.48. The van der Waals surface area contributed by atoms with E-state index in [4.69, 9.17) is 0 Å². The number of carbonyl (C=O) groups is 1. The first-order chi connectivity index (χ1) is 7.56. The molecule has 0 spiro atoms. The molecule has 0 fully saturated rings. The van der Waals surface area contributed by atoms with Crippen LogP contribution in [0.5, 0.6) is 0 Å². The first-order valence-electron chi connectivity index (χ1n) is 6.25. The Bertz CT molecular complexity index is 247. The van der Waals surface area contributed by atoms with E-state index in [9.17, 15) is 4.79 Å². The summed E-state index contributed by atoms with van der Waals surface area (Å²) < 4.78 is 0. The van der Waals surface area contributed by atoms with Crippen molar-refractivity contribution in [1.29, 1.82) is 0 Å². The van der Waals surface area contributed by atoms with Crippen molar-refractivity contribution in [2.45, 2.75) is 65.8 Å². The fourth-order valence-corrected chi connectivity index (χ4v) is 1.55. The lowest BCUT2D eigenvalue weighted by atomic mass is 10.0. The largest absolute Gasteiger partial charge is 0.354 e. The smallest absolute Gasteiger partial charge is 0.221 e. The van der Waals surface area contributed by atoms with Gasteiger partial charge in [0.05, 0.1) is 0 Å². The summed E-state index contributed by atoms with van der Waals surface area (Å²) >= 11 is 0. The SMILES string of the molecule is CC#CCCC(=O)NC(C)CCCC(C)C. The maximum absolute atomic E-state index is 11.4. The Balaban J connectivity index is 3.56. The normalized spacial score (nSPS) is 11.8. The number of hydrogen-bond donors (Lipinski definition) is 1. The molecule has 1 N–H and O–H groups in total. The molecule has 16 heavy (non-hydrogen) atoms. The summed E-state index contributed by atoms with van der Waals surface area (Å²) in [6.07, 6.45) is 4.69. The number of carbonyl (C=O) groups excluding carboxylic acids is 1. The second-order valence-corrected chi connectivity index (χ2v) is 4.72. The molecule has 0 aliphatic rings. The summed E-state index contributed by atoms with van der Waals surface area (Å²) in [6, 6.07) is 0.292. The third-order valence-electron chi connectivity index (χ3n) is 2.48. The highest BCUT2D eigenvalue weighted by Gasteiger charge is 2.06. The Kier molecular flexibility index (Phi) is 8.71. The van der Waals surface area contributed by atoms with Gasteiger partial charge in [0.25, 0.3) is 0 Å². The van der Waals surface area contributed by atoms with Crippen LogP contribution in [0.25, 0.3) is 0 Å². The van der Waals surface area contributed by atoms with E-state index in [-0.39, 0.29) is 5.91 Å². The van der Waals surface area contributed by atoms with Crippen molar-refractivity contribution in [3.63, 3.8) is 0 Å². The van der Waals surface area contributed by atoms with E-state index in [0.717, 1.165) is 12.3 Å². The molecule has 0 aliphatic carbocycles. The van der Waals surface area contributed by atoms with E-state index in [2.05, 4.69) is 37.9 Å². The van der Waals surface area contributed by atoms with Gasteiger partial charge < -0.3 is 5.32 Å². The van der Waals surface area contributed by atoms with Crippen LogP contribution in [-0.4, -0.2) is 11.9 Å². The van der Waals surface area contributed by atoms with Gasteiger partial charge in [-0.25, -0.2) is 0 Å². The molecule has 0 saturated carbocycles. The molecule has 1 atom stereocenters. The van der Waals surface area contributed by atoms with Crippen LogP contribution >= 0.6 is 0 Å². The summed E-state index contributed by atoms with van der Waals surface area (Å²) in [4.78, 5) is 11.4. The zero-order valence-corrected chi connectivity index (χ0v) is 11.1. The van der Waals surface area contributed by atoms with Crippen molar-refractivity contribution in [2.24, 2.45) is 5.92 Å². The van der Waals surface area contributed by atoms with Crippen LogP contribution in [0.2, 0.25) is 0 Å². The highest BCUT2D eigenvalue weighted by Crippen LogP contribution is 2.08. The minimum absolute atomic E-state index is 0.125. The molecule has 0 aromatic rings. The molecule has 0 saturated heterocycles. The first-order valence-corrected chi connectivity index (χ1v) is 6.25. The van der Waals surface area contributed by atoms with Crippen molar-refractivity contribution in [3.8, 4) is 11.8 Å². The average Bonchev–Trinajstić information content (AvgIpc) is 2.17. The second-order valence-electron chi connectivity index (χ2n) is 4.72. The first kappa shape index (κ1) is 15.0. The van der Waals surface area contributed by atoms with Gasteiger partial charge in [-0.05, 0) is 26.2 Å². The van der Waals surface area contributed by atoms with Gasteiger partial charge in [0.1, 0.15) is 0 Å². The van der Waals surface area contributed by atoms with Crippen LogP contribution < -0.4 is 5.32 Å². The van der Waals surface area contributed by atoms with Crippen molar-refractivity contribution in [3.05, 3.63) is 0 Å². The van der Waals surface area contributed by atoms with Gasteiger partial charge in [-0.3, -0.25) is 4.79 Å². The number of rotatable bonds is 7. The molecule has 0 aromatic carbocycles. The zero-order valence-electron chi connectivity index (χ0n) is 11.1. The molecule has 92 valence electrons. The maximum Gasteiger partial charge on any atom is 0.221 e. The summed E-state index contributed by atoms with van der Waals surface area (Å²) in [6.45, 7) is 8.33. The predicted octanol–water partition coefficient (Wildman–Crippen LogP) is 3.12. The minimum Gasteiger partial charge on any atom is -0.354 e. The Morgan fingerprint density at radius 3 is 2.50 bits per heavy atom. The second kappa shape index (κ2) is 9.27. The molecule has 0 aromatic heterocycles. The van der Waals surface area contributed by atoms with Crippen LogP contribution in [-0.2, 0) is 4.79 Å². The quantitative estimate of drug-likeness (QED) is 0.660. The lowest BCUT2D eigenvalue weighted by Crippen LogP contribution is -2.32. The highest BCUT2D eigenvalue weighted by molar-refractivity contribution is 5.76. The molecule has 0 radical (unpaired) electrons. The molecule has 0 aliphatic heterocycles. The fourth-order valence-electron chi connectivity index (χ4n) is 1.55. The lowest BCUT2D eigenvalue weighted by Gasteiger charge is -2.14. The number of hydrogen-bond acceptors (Lipinski definition) is 1. The standard InChI is InChI=1S/C14H25NO/c1-5-6-7-11-14(16)15-13(4)10-8-9-12(2)3/h12-13H,7-11H2,1-4H3,(H,15,16). The van der Waals surface area contributed by atoms with Gasteiger partial charge in [-0.15, -0.1) is 11.8 Å². The number of nitrogens with one attached hydrogen (secondary N) is 1. The van der Waals surface area contributed by atoms with Crippen LogP contribution in [0.1, 0.15) is 59.8 Å². The molecule has 0 rings (SSSR count). The summed E-state index contributed by atoms with van der Waals surface area (Å²) in [5.74, 6) is 6.57. The van der Waals surface area contributed by atoms with E-state index < -0.39 is 0 Å². The van der Waals surface area contributed by atoms with E-state index in [1.54, 1.807) is 6.92 Å². The van der Waals surface area contributed by atoms with Gasteiger partial charge in [0.2, 0.25) is 5.91 Å². The monoisotopic (exact) mass is 223 g/mol. The van der Waals surface area contributed by atoms with Gasteiger partial charge in [-0.2, -0.15) is 0 Å². The molecular formula is C14H25NO. The van der Waals surface area contributed by atoms with Crippen molar-refractivity contribution < 1.29 is 4.79 Å².